The first-order valence-corrected chi connectivity index (χ1v) is 6.70. The minimum Gasteiger partial charge on any atom is -0.306 e. The summed E-state index contributed by atoms with van der Waals surface area (Å²) in [5.41, 5.74) is 2.15. The van der Waals surface area contributed by atoms with Crippen LogP contribution in [0.15, 0.2) is 36.4 Å². The van der Waals surface area contributed by atoms with Gasteiger partial charge in [-0.2, -0.15) is 5.26 Å². The lowest BCUT2D eigenvalue weighted by atomic mass is 10.0. The second-order valence-electron chi connectivity index (χ2n) is 4.99. The summed E-state index contributed by atoms with van der Waals surface area (Å²) in [5.74, 6) is -1.40. The number of aryl methyl sites for hydroxylation is 1. The molecule has 2 nitrogen and oxygen atoms in total. The lowest BCUT2D eigenvalue weighted by molar-refractivity contribution is 0.508. The molecule has 0 saturated carbocycles. The summed E-state index contributed by atoms with van der Waals surface area (Å²) < 4.78 is 27.6. The van der Waals surface area contributed by atoms with Crippen LogP contribution in [-0.4, -0.2) is 0 Å². The van der Waals surface area contributed by atoms with Crippen molar-refractivity contribution >= 4 is 0 Å². The first kappa shape index (κ1) is 15.1. The van der Waals surface area contributed by atoms with Crippen LogP contribution in [-0.2, 0) is 6.54 Å². The van der Waals surface area contributed by atoms with Crippen LogP contribution in [0.3, 0.4) is 0 Å². The first-order valence-electron chi connectivity index (χ1n) is 6.70. The molecule has 108 valence electrons. The van der Waals surface area contributed by atoms with Crippen LogP contribution in [0.2, 0.25) is 0 Å². The Bertz CT molecular complexity index is 666. The number of nitriles is 1. The van der Waals surface area contributed by atoms with Crippen LogP contribution in [0.5, 0.6) is 0 Å². The van der Waals surface area contributed by atoms with Gasteiger partial charge in [0.25, 0.3) is 0 Å². The fraction of sp³-hybridized carbons (Fsp3) is 0.235. The average Bonchev–Trinajstić information content (AvgIpc) is 2.46. The van der Waals surface area contributed by atoms with Gasteiger partial charge in [0.2, 0.25) is 0 Å². The summed E-state index contributed by atoms with van der Waals surface area (Å²) in [4.78, 5) is 0. The van der Waals surface area contributed by atoms with E-state index in [0.717, 1.165) is 23.3 Å². The van der Waals surface area contributed by atoms with Gasteiger partial charge in [-0.15, -0.1) is 0 Å². The molecule has 0 amide bonds. The van der Waals surface area contributed by atoms with E-state index >= 15 is 0 Å². The number of rotatable bonds is 4. The van der Waals surface area contributed by atoms with Crippen LogP contribution in [0.4, 0.5) is 8.78 Å². The van der Waals surface area contributed by atoms with E-state index in [2.05, 4.69) is 5.32 Å². The van der Waals surface area contributed by atoms with Crippen LogP contribution in [0, 0.1) is 29.9 Å². The Balaban J connectivity index is 2.14. The van der Waals surface area contributed by atoms with Crippen LogP contribution in [0.1, 0.15) is 35.2 Å². The SMILES string of the molecule is Cc1ccccc1[C@@H](C)NCc1c(F)cc(C#N)cc1F. The number of hydrogen-bond acceptors (Lipinski definition) is 2. The molecule has 0 fully saturated rings. The topological polar surface area (TPSA) is 35.8 Å². The Morgan fingerprint density at radius 2 is 1.81 bits per heavy atom. The maximum atomic E-state index is 13.8. The monoisotopic (exact) mass is 286 g/mol. The molecule has 2 aromatic rings. The third kappa shape index (κ3) is 3.45. The molecule has 0 spiro atoms. The fourth-order valence-corrected chi connectivity index (χ4v) is 2.27. The first-order chi connectivity index (χ1) is 10.0. The van der Waals surface area contributed by atoms with Crippen molar-refractivity contribution in [1.29, 1.82) is 5.26 Å². The molecule has 0 saturated heterocycles. The third-order valence-electron chi connectivity index (χ3n) is 3.51. The molecule has 1 N–H and O–H groups in total. The standard InChI is InChI=1S/C17H16F2N2/c1-11-5-3-4-6-14(11)12(2)21-10-15-16(18)7-13(9-20)8-17(15)19/h3-8,12,21H,10H2,1-2H3/t12-/m1/s1. The summed E-state index contributed by atoms with van der Waals surface area (Å²) in [6, 6.07) is 11.7. The van der Waals surface area contributed by atoms with E-state index in [4.69, 9.17) is 5.26 Å². The average molecular weight is 286 g/mol. The van der Waals surface area contributed by atoms with Crippen molar-refractivity contribution in [2.45, 2.75) is 26.4 Å². The van der Waals surface area contributed by atoms with E-state index in [1.54, 1.807) is 6.07 Å². The Morgan fingerprint density at radius 1 is 1.19 bits per heavy atom. The van der Waals surface area contributed by atoms with Gasteiger partial charge in [0, 0.05) is 18.2 Å². The highest BCUT2D eigenvalue weighted by Gasteiger charge is 2.13. The van der Waals surface area contributed by atoms with Crippen molar-refractivity contribution in [3.8, 4) is 6.07 Å². The van der Waals surface area contributed by atoms with E-state index in [9.17, 15) is 8.78 Å². The predicted octanol–water partition coefficient (Wildman–Crippen LogP) is 4.00. The molecule has 21 heavy (non-hydrogen) atoms. The highest BCUT2D eigenvalue weighted by molar-refractivity contribution is 5.34. The lowest BCUT2D eigenvalue weighted by Crippen LogP contribution is -2.20. The molecular weight excluding hydrogens is 270 g/mol. The van der Waals surface area contributed by atoms with Gasteiger partial charge in [0.1, 0.15) is 11.6 Å². The van der Waals surface area contributed by atoms with E-state index in [0.29, 0.717) is 0 Å². The molecule has 0 aromatic heterocycles. The summed E-state index contributed by atoms with van der Waals surface area (Å²) in [6.45, 7) is 4.01. The summed E-state index contributed by atoms with van der Waals surface area (Å²) >= 11 is 0. The van der Waals surface area contributed by atoms with Gasteiger partial charge in [-0.1, -0.05) is 24.3 Å². The van der Waals surface area contributed by atoms with Crippen LogP contribution < -0.4 is 5.32 Å². The van der Waals surface area contributed by atoms with Gasteiger partial charge in [0.15, 0.2) is 0 Å². The summed E-state index contributed by atoms with van der Waals surface area (Å²) in [6.07, 6.45) is 0. The van der Waals surface area contributed by atoms with Gasteiger partial charge >= 0.3 is 0 Å². The second-order valence-corrected chi connectivity index (χ2v) is 4.99. The number of benzene rings is 2. The van der Waals surface area contributed by atoms with Gasteiger partial charge in [-0.05, 0) is 37.1 Å². The molecular formula is C17H16F2N2. The zero-order chi connectivity index (χ0) is 15.4. The van der Waals surface area contributed by atoms with Crippen molar-refractivity contribution in [2.24, 2.45) is 0 Å². The third-order valence-corrected chi connectivity index (χ3v) is 3.51. The molecule has 2 rings (SSSR count). The fourth-order valence-electron chi connectivity index (χ4n) is 2.27. The normalized spacial score (nSPS) is 12.0. The zero-order valence-corrected chi connectivity index (χ0v) is 12.0. The quantitative estimate of drug-likeness (QED) is 0.922. The molecule has 0 heterocycles. The number of halogens is 2. The van der Waals surface area contributed by atoms with Crippen molar-refractivity contribution in [2.75, 3.05) is 0 Å². The highest BCUT2D eigenvalue weighted by Crippen LogP contribution is 2.19. The van der Waals surface area contributed by atoms with Gasteiger partial charge in [0.05, 0.1) is 11.6 Å². The Morgan fingerprint density at radius 3 is 2.38 bits per heavy atom. The molecule has 0 aliphatic carbocycles. The van der Waals surface area contributed by atoms with Gasteiger partial charge in [-0.3, -0.25) is 0 Å². The zero-order valence-electron chi connectivity index (χ0n) is 12.0. The molecule has 0 aliphatic rings. The minimum atomic E-state index is -0.698. The Kier molecular flexibility index (Phi) is 4.66. The molecule has 1 atom stereocenters. The van der Waals surface area contributed by atoms with E-state index < -0.39 is 11.6 Å². The number of hydrogen-bond donors (Lipinski definition) is 1. The van der Waals surface area contributed by atoms with E-state index in [1.807, 2.05) is 38.1 Å². The van der Waals surface area contributed by atoms with Crippen LogP contribution in [0.25, 0.3) is 0 Å². The smallest absolute Gasteiger partial charge is 0.131 e. The van der Waals surface area contributed by atoms with Crippen molar-refractivity contribution in [3.63, 3.8) is 0 Å². The lowest BCUT2D eigenvalue weighted by Gasteiger charge is -2.17. The van der Waals surface area contributed by atoms with Crippen LogP contribution >= 0.6 is 0 Å². The minimum absolute atomic E-state index is 0.0132. The molecule has 0 aliphatic heterocycles. The molecule has 2 aromatic carbocycles. The molecule has 0 radical (unpaired) electrons. The Labute approximate surface area is 123 Å². The van der Waals surface area contributed by atoms with Gasteiger partial charge < -0.3 is 5.32 Å². The molecule has 0 bridgehead atoms. The maximum Gasteiger partial charge on any atom is 0.131 e. The number of nitrogens with one attached hydrogen (secondary N) is 1. The van der Waals surface area contributed by atoms with E-state index in [1.165, 1.54) is 0 Å². The number of nitrogens with zero attached hydrogens (tertiary/aromatic N) is 1. The molecule has 0 unspecified atom stereocenters. The van der Waals surface area contributed by atoms with Crippen molar-refractivity contribution in [1.82, 2.24) is 5.32 Å². The van der Waals surface area contributed by atoms with Crippen molar-refractivity contribution in [3.05, 3.63) is 70.3 Å². The van der Waals surface area contributed by atoms with Crippen molar-refractivity contribution < 1.29 is 8.78 Å². The largest absolute Gasteiger partial charge is 0.306 e. The second kappa shape index (κ2) is 6.47. The van der Waals surface area contributed by atoms with Gasteiger partial charge in [-0.25, -0.2) is 8.78 Å². The summed E-state index contributed by atoms with van der Waals surface area (Å²) in [5, 5.41) is 11.8. The summed E-state index contributed by atoms with van der Waals surface area (Å²) in [7, 11) is 0. The molecule has 4 heteroatoms. The highest BCUT2D eigenvalue weighted by atomic mass is 19.1. The predicted molar refractivity (Wildman–Crippen MR) is 77.5 cm³/mol. The maximum absolute atomic E-state index is 13.8. The van der Waals surface area contributed by atoms with E-state index in [-0.39, 0.29) is 23.7 Å². The Hall–Kier alpha value is -2.25.